The lowest BCUT2D eigenvalue weighted by atomic mass is 10.1. The summed E-state index contributed by atoms with van der Waals surface area (Å²) < 4.78 is 39.8. The molecule has 1 aliphatic carbocycles. The number of fused-ring (bicyclic) bond motifs is 2. The molecule has 0 unspecified atom stereocenters. The standard InChI is InChI=1S/C10H7NO4/c12-10-6-3-9-8(14-4-15-9)2-5(6)1-7(10)11-13/h2-3,13H,1,4H2/b11-7-/i1D2,4D2. The van der Waals surface area contributed by atoms with Crippen LogP contribution in [-0.2, 0) is 6.37 Å². The van der Waals surface area contributed by atoms with Gasteiger partial charge in [0, 0.05) is 14.7 Å². The van der Waals surface area contributed by atoms with Crippen molar-refractivity contribution < 1.29 is 25.0 Å². The molecule has 1 aromatic rings. The molecule has 2 aliphatic rings. The second-order valence-corrected chi connectivity index (χ2v) is 3.03. The lowest BCUT2D eigenvalue weighted by Crippen LogP contribution is -2.06. The maximum atomic E-state index is 11.9. The third-order valence-corrected chi connectivity index (χ3v) is 2.20. The van der Waals surface area contributed by atoms with Crippen LogP contribution in [0.15, 0.2) is 17.3 Å². The van der Waals surface area contributed by atoms with Gasteiger partial charge in [-0.15, -0.1) is 0 Å². The molecule has 0 bridgehead atoms. The van der Waals surface area contributed by atoms with Crippen LogP contribution in [0.4, 0.5) is 0 Å². The van der Waals surface area contributed by atoms with Crippen molar-refractivity contribution in [3.63, 3.8) is 0 Å². The van der Waals surface area contributed by atoms with Gasteiger partial charge >= 0.3 is 0 Å². The van der Waals surface area contributed by atoms with Crippen molar-refractivity contribution >= 4 is 11.5 Å². The topological polar surface area (TPSA) is 68.1 Å². The second-order valence-electron chi connectivity index (χ2n) is 3.03. The van der Waals surface area contributed by atoms with Crippen LogP contribution >= 0.6 is 0 Å². The van der Waals surface area contributed by atoms with Gasteiger partial charge in [0.25, 0.3) is 0 Å². The summed E-state index contributed by atoms with van der Waals surface area (Å²) in [7, 11) is 0. The highest BCUT2D eigenvalue weighted by Gasteiger charge is 2.30. The fourth-order valence-corrected chi connectivity index (χ4v) is 1.50. The fourth-order valence-electron chi connectivity index (χ4n) is 1.50. The maximum Gasteiger partial charge on any atom is 0.231 e. The van der Waals surface area contributed by atoms with Gasteiger partial charge in [-0.1, -0.05) is 5.16 Å². The SMILES string of the molecule is [2H]C1([2H])Oc2cc3c(cc2O1)C([2H])([2H])/C(=N/O)C3=O. The van der Waals surface area contributed by atoms with Gasteiger partial charge < -0.3 is 14.7 Å². The summed E-state index contributed by atoms with van der Waals surface area (Å²) in [5, 5.41) is 11.4. The molecule has 0 radical (unpaired) electrons. The monoisotopic (exact) mass is 209 g/mol. The molecule has 3 rings (SSSR count). The summed E-state index contributed by atoms with van der Waals surface area (Å²) in [6.07, 6.45) is -2.26. The molecule has 1 N–H and O–H groups in total. The van der Waals surface area contributed by atoms with E-state index in [-0.39, 0.29) is 22.6 Å². The van der Waals surface area contributed by atoms with E-state index in [9.17, 15) is 4.79 Å². The lowest BCUT2D eigenvalue weighted by Gasteiger charge is -1.99. The maximum absolute atomic E-state index is 11.9. The number of rotatable bonds is 0. The Morgan fingerprint density at radius 3 is 2.87 bits per heavy atom. The summed E-state index contributed by atoms with van der Waals surface area (Å²) in [5.41, 5.74) is -0.683. The van der Waals surface area contributed by atoms with Crippen molar-refractivity contribution in [3.05, 3.63) is 23.3 Å². The highest BCUT2D eigenvalue weighted by atomic mass is 16.7. The number of ketones is 1. The Labute approximate surface area is 90.5 Å². The number of nitrogens with zero attached hydrogens (tertiary/aromatic N) is 1. The highest BCUT2D eigenvalue weighted by Crippen LogP contribution is 2.37. The van der Waals surface area contributed by atoms with Crippen LogP contribution in [-0.4, -0.2) is 23.4 Å². The zero-order valence-corrected chi connectivity index (χ0v) is 7.27. The Kier molecular flexibility index (Phi) is 0.937. The minimum absolute atomic E-state index is 0.000357. The normalized spacial score (nSPS) is 30.4. The molecular formula is C10H7NO4. The predicted octanol–water partition coefficient (Wildman–Crippen LogP) is 0.984. The van der Waals surface area contributed by atoms with E-state index in [2.05, 4.69) is 5.16 Å². The molecule has 0 fully saturated rings. The highest BCUT2D eigenvalue weighted by molar-refractivity contribution is 6.49. The number of carbonyl (C=O) groups is 1. The molecular weight excluding hydrogens is 198 g/mol. The minimum atomic E-state index is -2.35. The average Bonchev–Trinajstić information content (AvgIpc) is 2.68. The van der Waals surface area contributed by atoms with Gasteiger partial charge in [-0.25, -0.2) is 0 Å². The van der Waals surface area contributed by atoms with E-state index in [0.29, 0.717) is 0 Å². The van der Waals surface area contributed by atoms with Crippen LogP contribution in [0.2, 0.25) is 0 Å². The summed E-state index contributed by atoms with van der Waals surface area (Å²) in [6.45, 7) is -2.35. The van der Waals surface area contributed by atoms with E-state index in [4.69, 9.17) is 20.2 Å². The predicted molar refractivity (Wildman–Crippen MR) is 49.8 cm³/mol. The van der Waals surface area contributed by atoms with Gasteiger partial charge in [0.1, 0.15) is 8.45 Å². The smallest absolute Gasteiger partial charge is 0.231 e. The first-order valence-electron chi connectivity index (χ1n) is 6.10. The van der Waals surface area contributed by atoms with Crippen molar-refractivity contribution in [2.24, 2.45) is 5.16 Å². The first kappa shape index (κ1) is 5.16. The van der Waals surface area contributed by atoms with Crippen molar-refractivity contribution in [2.45, 2.75) is 6.37 Å². The molecule has 1 aliphatic heterocycles. The number of hydrogen-bond donors (Lipinski definition) is 1. The average molecular weight is 209 g/mol. The van der Waals surface area contributed by atoms with Crippen molar-refractivity contribution in [1.29, 1.82) is 0 Å². The van der Waals surface area contributed by atoms with Crippen LogP contribution < -0.4 is 9.47 Å². The Balaban J connectivity index is 2.21. The van der Waals surface area contributed by atoms with E-state index in [1.165, 1.54) is 12.1 Å². The summed E-state index contributed by atoms with van der Waals surface area (Å²) >= 11 is 0. The Morgan fingerprint density at radius 1 is 1.40 bits per heavy atom. The number of carbonyl (C=O) groups excluding carboxylic acids is 1. The molecule has 0 saturated heterocycles. The molecule has 0 amide bonds. The van der Waals surface area contributed by atoms with Crippen molar-refractivity contribution in [2.75, 3.05) is 6.75 Å². The zero-order valence-electron chi connectivity index (χ0n) is 11.3. The van der Waals surface area contributed by atoms with Gasteiger partial charge in [0.05, 0.1) is 0 Å². The van der Waals surface area contributed by atoms with Crippen molar-refractivity contribution in [1.82, 2.24) is 0 Å². The largest absolute Gasteiger partial charge is 0.454 e. The quantitative estimate of drug-likeness (QED) is 0.511. The fraction of sp³-hybridized carbons (Fsp3) is 0.200. The number of ether oxygens (including phenoxy) is 2. The van der Waals surface area contributed by atoms with E-state index in [0.717, 1.165) is 0 Å². The zero-order chi connectivity index (χ0) is 14.0. The lowest BCUT2D eigenvalue weighted by molar-refractivity contribution is 0.106. The third kappa shape index (κ3) is 1.03. The van der Waals surface area contributed by atoms with Gasteiger partial charge in [-0.2, -0.15) is 0 Å². The van der Waals surface area contributed by atoms with Crippen LogP contribution in [0.25, 0.3) is 0 Å². The first-order chi connectivity index (χ1) is 8.76. The number of hydrogen-bond acceptors (Lipinski definition) is 5. The van der Waals surface area contributed by atoms with Crippen LogP contribution in [0.3, 0.4) is 0 Å². The van der Waals surface area contributed by atoms with Crippen LogP contribution in [0.5, 0.6) is 11.5 Å². The Morgan fingerprint density at radius 2 is 2.13 bits per heavy atom. The molecule has 0 saturated carbocycles. The van der Waals surface area contributed by atoms with Gasteiger partial charge in [0.15, 0.2) is 11.5 Å². The van der Waals surface area contributed by atoms with Gasteiger partial charge in [-0.05, 0) is 17.7 Å². The third-order valence-electron chi connectivity index (χ3n) is 2.20. The molecule has 76 valence electrons. The number of benzene rings is 1. The molecule has 1 aromatic carbocycles. The minimum Gasteiger partial charge on any atom is -0.454 e. The molecule has 5 heteroatoms. The van der Waals surface area contributed by atoms with E-state index in [1.807, 2.05) is 0 Å². The van der Waals surface area contributed by atoms with E-state index >= 15 is 0 Å². The Bertz CT molecular complexity index is 641. The second kappa shape index (κ2) is 2.73. The van der Waals surface area contributed by atoms with Gasteiger partial charge in [0.2, 0.25) is 12.5 Å². The molecule has 1 heterocycles. The van der Waals surface area contributed by atoms with E-state index in [1.54, 1.807) is 0 Å². The molecule has 0 atom stereocenters. The molecule has 15 heavy (non-hydrogen) atoms. The molecule has 0 aromatic heterocycles. The van der Waals surface area contributed by atoms with E-state index < -0.39 is 24.6 Å². The van der Waals surface area contributed by atoms with Gasteiger partial charge in [-0.3, -0.25) is 4.79 Å². The van der Waals surface area contributed by atoms with Crippen LogP contribution in [0.1, 0.15) is 21.4 Å². The summed E-state index contributed by atoms with van der Waals surface area (Å²) in [4.78, 5) is 11.9. The number of Topliss-reactive ketones (excluding diaryl/α,β-unsaturated/α-hetero) is 1. The summed E-state index contributed by atoms with van der Waals surface area (Å²) in [5.74, 6) is -0.756. The van der Waals surface area contributed by atoms with Crippen molar-refractivity contribution in [3.8, 4) is 11.5 Å². The Hall–Kier alpha value is -2.04. The van der Waals surface area contributed by atoms with Crippen LogP contribution in [0, 0.1) is 0 Å². The molecule has 5 nitrogen and oxygen atoms in total. The first-order valence-corrected chi connectivity index (χ1v) is 4.10. The number of oxime groups is 1. The summed E-state index contributed by atoms with van der Waals surface area (Å²) in [6, 6.07) is 2.37. The molecule has 0 spiro atoms.